The predicted octanol–water partition coefficient (Wildman–Crippen LogP) is 35.0. The van der Waals surface area contributed by atoms with Crippen LogP contribution in [0, 0.1) is 128 Å². The molecule has 6 rings (SSSR count). The molecule has 0 aliphatic heterocycles. The minimum atomic E-state index is -5.36. The predicted molar refractivity (Wildman–Crippen MR) is 404 cm³/mol. The zero-order valence-corrected chi connectivity index (χ0v) is 74.7. The maximum atomic E-state index is 12.9. The summed E-state index contributed by atoms with van der Waals surface area (Å²) in [5.74, 6) is -26.7. The maximum Gasteiger partial charge on any atom is 0.402 e. The van der Waals surface area contributed by atoms with E-state index in [0.29, 0.717) is 30.1 Å². The summed E-state index contributed by atoms with van der Waals surface area (Å²) < 4.78 is 405. The fraction of sp³-hybridized carbons (Fsp3) is 1.00. The molecule has 0 bridgehead atoms. The molecule has 0 saturated heterocycles. The topological polar surface area (TPSA) is 0 Å². The lowest BCUT2D eigenvalue weighted by atomic mass is 9.86. The summed E-state index contributed by atoms with van der Waals surface area (Å²) >= 11 is 0. The van der Waals surface area contributed by atoms with Crippen LogP contribution in [0.5, 0.6) is 0 Å². The molecule has 702 valence electrons. The summed E-state index contributed by atoms with van der Waals surface area (Å²) in [5, 5.41) is 0. The van der Waals surface area contributed by atoms with Crippen molar-refractivity contribution < 1.29 is 140 Å². The monoisotopic (exact) mass is 1750 g/mol. The number of halogens is 31. The molecule has 19 atom stereocenters. The van der Waals surface area contributed by atoms with E-state index in [1.807, 2.05) is 34.6 Å². The average molecular weight is 1750 g/mol. The Morgan fingerprint density at radius 1 is 0.383 bits per heavy atom. The highest BCUT2D eigenvalue weighted by molar-refractivity contribution is 5.19. The molecule has 15 unspecified atom stereocenters. The third-order valence-electron chi connectivity index (χ3n) is 24.5. The Morgan fingerprint density at radius 3 is 0.774 bits per heavy atom. The quantitative estimate of drug-likeness (QED) is 0.233. The molecule has 0 nitrogen and oxygen atoms in total. The first kappa shape index (κ1) is 117. The Bertz CT molecular complexity index is 2540. The minimum absolute atomic E-state index is 0.0509. The standard InChI is InChI=1S/C10H14F6.C8H13F3.2C8H16.C7H7F7.C7H11F3.C6H8F6.C6H11F3.C6H12F2.C6H13F.2C6H14/c1-4-5(2)8(10(14,15)16)6(3)7(4)9(11,12)13;1-5-3-6(2)7(4-5)8(9,10)11;2*1-6-4-5-7(2)8(6)3;1-3-5(9,10)4(2,8)7(13,14)6(3,11)12;1-3-5(8)4(2)7(10)6(3)9;1-3-4(2,5(7,8)9)6(10,11)12;1-4-5(2,3)6(7,8)9;1-4-6(7,8)5(2)3;1-4-5-6(2,3)7;2*1-5-6(2,3)4/h4-8H,1-3H3;5-7H,3-4H2,1-2H3;2*6-8H,4-5H2,1-3H3;3H,1-2H3;3-7H,1-2H3;3H2,1-2H3;4H2,1-3H3;5H,4H2,1-3H3;4-5H2,1-3H3;2*5H2,1-4H3/t4-,5?,6?,7?,8?;5-,6?,7?;;;3-,4?;3-,4?,5?,6?,7?;;;;;;/m10..00....../s1/i;;8D;;;;;;;;5D2;. The third kappa shape index (κ3) is 39.5. The Balaban J connectivity index is -0.000000293. The van der Waals surface area contributed by atoms with Gasteiger partial charge in [-0.25, -0.2) is 39.5 Å². The van der Waals surface area contributed by atoms with E-state index in [1.54, 1.807) is 27.7 Å². The normalized spacial score (nSPS) is 33.0. The molecule has 0 radical (unpaired) electrons. The molecule has 0 amide bonds. The van der Waals surface area contributed by atoms with E-state index in [-0.39, 0.29) is 56.8 Å². The Labute approximate surface area is 675 Å². The van der Waals surface area contributed by atoms with E-state index in [0.717, 1.165) is 44.4 Å². The lowest BCUT2D eigenvalue weighted by Crippen LogP contribution is -2.52. The molecule has 0 aromatic heterocycles. The molecule has 115 heavy (non-hydrogen) atoms. The summed E-state index contributed by atoms with van der Waals surface area (Å²) in [7, 11) is 0. The van der Waals surface area contributed by atoms with Crippen LogP contribution in [0.15, 0.2) is 0 Å². The van der Waals surface area contributed by atoms with Crippen LogP contribution in [0.25, 0.3) is 0 Å². The average Bonchev–Trinajstić information content (AvgIpc) is 1.53. The van der Waals surface area contributed by atoms with Crippen LogP contribution in [0.4, 0.5) is 136 Å². The van der Waals surface area contributed by atoms with Crippen molar-refractivity contribution in [2.45, 2.75) is 409 Å². The van der Waals surface area contributed by atoms with Crippen LogP contribution in [0.3, 0.4) is 0 Å². The van der Waals surface area contributed by atoms with Gasteiger partial charge in [-0.05, 0) is 136 Å². The van der Waals surface area contributed by atoms with Crippen LogP contribution in [0.1, 0.15) is 323 Å². The Hall–Kier alpha value is -2.17. The SMILES string of the molecule is CC1C(C(F)(F)F)C(C)[C@@H](C)C1C(F)(F)F.CC1C(F)C(F)[C@@H](C)C1F.CC1CCC(C)C1C.CC1C[C@H](C)CC1C(F)(F)F.CCC(C)(C(F)(F)F)C(F)(F)F.CCC(C)(C)C.CCC(C)(C)C(F)(F)F.CCC(F)(F)C(C)C.CCCC(C)(C)F.C[C@H]1C(F)(F)C(C)(F)C(F)(F)C1(F)F.[2H]C([2H])(C)C(C)(C)C.[2H]C1(C)C(C)CCC1C. The molecule has 0 aromatic rings. The van der Waals surface area contributed by atoms with Gasteiger partial charge in [-0.15, -0.1) is 0 Å². The largest absolute Gasteiger partial charge is 0.402 e. The summed E-state index contributed by atoms with van der Waals surface area (Å²) in [6, 6.07) is 0. The highest BCUT2D eigenvalue weighted by Crippen LogP contribution is 2.65. The van der Waals surface area contributed by atoms with Gasteiger partial charge in [-0.1, -0.05) is 253 Å². The van der Waals surface area contributed by atoms with Crippen molar-refractivity contribution in [1.82, 2.24) is 0 Å². The summed E-state index contributed by atoms with van der Waals surface area (Å²) in [6.45, 7) is 54.5. The summed E-state index contributed by atoms with van der Waals surface area (Å²) in [5.41, 5.74) is -10.3. The van der Waals surface area contributed by atoms with Crippen molar-refractivity contribution in [3.8, 4) is 0 Å². The van der Waals surface area contributed by atoms with Gasteiger partial charge < -0.3 is 0 Å². The summed E-state index contributed by atoms with van der Waals surface area (Å²) in [4.78, 5) is 0. The van der Waals surface area contributed by atoms with Crippen molar-refractivity contribution >= 4 is 0 Å². The fourth-order valence-electron chi connectivity index (χ4n) is 12.7. The molecular weight excluding hydrogens is 1600 g/mol. The van der Waals surface area contributed by atoms with Crippen molar-refractivity contribution in [3.63, 3.8) is 0 Å². The minimum Gasteiger partial charge on any atom is -0.247 e. The number of hydrogen-bond acceptors (Lipinski definition) is 0. The summed E-state index contributed by atoms with van der Waals surface area (Å²) in [6.07, 6.45) is -24.7. The van der Waals surface area contributed by atoms with Crippen molar-refractivity contribution in [1.29, 1.82) is 0 Å². The molecule has 6 saturated carbocycles. The fourth-order valence-corrected chi connectivity index (χ4v) is 12.7. The molecule has 31 heteroatoms. The van der Waals surface area contributed by atoms with Gasteiger partial charge in [0.1, 0.15) is 24.2 Å². The van der Waals surface area contributed by atoms with Crippen molar-refractivity contribution in [2.75, 3.05) is 0 Å². The number of rotatable bonds is 6. The van der Waals surface area contributed by atoms with Gasteiger partial charge in [-0.2, -0.15) is 96.6 Å². The first-order chi connectivity index (χ1) is 51.4. The molecule has 6 fully saturated rings. The smallest absolute Gasteiger partial charge is 0.247 e. The van der Waals surface area contributed by atoms with Crippen molar-refractivity contribution in [3.05, 3.63) is 0 Å². The van der Waals surface area contributed by atoms with Crippen LogP contribution in [0.2, 0.25) is 0 Å². The second-order valence-electron chi connectivity index (χ2n) is 37.1. The van der Waals surface area contributed by atoms with Crippen LogP contribution in [-0.4, -0.2) is 90.6 Å². The molecular formula is C84H149F31. The first-order valence-electron chi connectivity index (χ1n) is 41.6. The van der Waals surface area contributed by atoms with Crippen LogP contribution in [-0.2, 0) is 0 Å². The van der Waals surface area contributed by atoms with Gasteiger partial charge in [0.2, 0.25) is 11.6 Å². The van der Waals surface area contributed by atoms with Gasteiger partial charge in [0.05, 0.1) is 29.1 Å². The molecule has 0 heterocycles. The highest BCUT2D eigenvalue weighted by Gasteiger charge is 2.88. The molecule has 0 spiro atoms. The van der Waals surface area contributed by atoms with Gasteiger partial charge in [0.25, 0.3) is 5.92 Å². The Kier molecular flexibility index (Phi) is 48.4. The second-order valence-corrected chi connectivity index (χ2v) is 37.1. The van der Waals surface area contributed by atoms with Crippen molar-refractivity contribution in [2.24, 2.45) is 128 Å². The van der Waals surface area contributed by atoms with Gasteiger partial charge in [0, 0.05) is 28.3 Å². The molecule has 0 aromatic carbocycles. The highest BCUT2D eigenvalue weighted by atomic mass is 19.4. The van der Waals surface area contributed by atoms with E-state index >= 15 is 0 Å². The lowest BCUT2D eigenvalue weighted by Gasteiger charge is -2.32. The maximum absolute atomic E-state index is 12.9. The number of alkyl halides is 31. The van der Waals surface area contributed by atoms with E-state index in [4.69, 9.17) is 4.11 Å². The van der Waals surface area contributed by atoms with E-state index in [2.05, 4.69) is 69.2 Å². The zero-order valence-electron chi connectivity index (χ0n) is 77.7. The van der Waals surface area contributed by atoms with E-state index in [1.165, 1.54) is 101 Å². The Morgan fingerprint density at radius 2 is 0.704 bits per heavy atom. The van der Waals surface area contributed by atoms with E-state index < -0.39 is 173 Å². The lowest BCUT2D eigenvalue weighted by molar-refractivity contribution is -0.335. The second kappa shape index (κ2) is 47.6. The van der Waals surface area contributed by atoms with E-state index in [9.17, 15) is 136 Å². The molecule has 6 aliphatic rings. The van der Waals surface area contributed by atoms with Gasteiger partial charge in [-0.3, -0.25) is 0 Å². The zero-order chi connectivity index (χ0) is 97.0. The third-order valence-corrected chi connectivity index (χ3v) is 24.5. The number of hydrogen-bond donors (Lipinski definition) is 0. The van der Waals surface area contributed by atoms with Gasteiger partial charge >= 0.3 is 48.9 Å². The van der Waals surface area contributed by atoms with Crippen LogP contribution >= 0.6 is 0 Å². The molecule has 6 aliphatic carbocycles. The first-order valence-corrected chi connectivity index (χ1v) is 40.1. The van der Waals surface area contributed by atoms with Gasteiger partial charge in [0.15, 0.2) is 5.41 Å². The van der Waals surface area contributed by atoms with Crippen LogP contribution < -0.4 is 0 Å². The molecule has 0 N–H and O–H groups in total.